The Bertz CT molecular complexity index is 1350. The van der Waals surface area contributed by atoms with E-state index in [1.165, 1.54) is 0 Å². The van der Waals surface area contributed by atoms with Crippen molar-refractivity contribution in [3.63, 3.8) is 0 Å². The predicted molar refractivity (Wildman–Crippen MR) is 190 cm³/mol. The molecule has 17 N–H and O–H groups in total. The molecule has 5 saturated heterocycles. The molecule has 0 radical (unpaired) electrons. The fourth-order valence-corrected chi connectivity index (χ4v) is 7.83. The number of amides is 2. The van der Waals surface area contributed by atoms with Crippen molar-refractivity contribution in [3.8, 4) is 0 Å². The lowest BCUT2D eigenvalue weighted by atomic mass is 9.93. The SMILES string of the molecule is CC(=O)N[C@H]1[C@H](O[C@@H]2[C@H](O[C@@H]3O[C@H](CO)[C@@H](O[C@@H]4O[C@H](CO)[C@H](O)[C@H](O)[C@H]4O)[C@H](O)[C@H]3NC(C)=O)[C@@H](O)C(O)O[C@@H]2CO)O[C@H](CO)[C@@H](O[C@@H]2O[C@H](CO)[C@H](O)[C@H](O)[C@H]2O)[C@@H]1O. The van der Waals surface area contributed by atoms with Gasteiger partial charge in [0.15, 0.2) is 31.5 Å². The smallest absolute Gasteiger partial charge is 0.217 e. The lowest BCUT2D eigenvalue weighted by molar-refractivity contribution is -0.384. The number of nitrogens with one attached hydrogen (secondary N) is 2. The highest BCUT2D eigenvalue weighted by molar-refractivity contribution is 5.73. The molecule has 2 amide bonds. The number of aliphatic hydroxyl groups excluding tert-OH is 15. The van der Waals surface area contributed by atoms with Crippen LogP contribution in [0.5, 0.6) is 0 Å². The number of carbonyl (C=O) groups is 2. The summed E-state index contributed by atoms with van der Waals surface area (Å²) >= 11 is 0. The molecule has 0 saturated carbocycles. The number of rotatable bonds is 15. The quantitative estimate of drug-likeness (QED) is 0.0725. The van der Waals surface area contributed by atoms with Crippen molar-refractivity contribution in [2.45, 2.75) is 167 Å². The topological polar surface area (TPSA) is 445 Å². The van der Waals surface area contributed by atoms with Crippen molar-refractivity contribution in [2.75, 3.05) is 33.0 Å². The highest BCUT2D eigenvalue weighted by Gasteiger charge is 2.57. The zero-order valence-corrected chi connectivity index (χ0v) is 33.2. The predicted octanol–water partition coefficient (Wildman–Crippen LogP) is -11.6. The van der Waals surface area contributed by atoms with Gasteiger partial charge in [-0.25, -0.2) is 0 Å². The zero-order valence-electron chi connectivity index (χ0n) is 33.2. The molecule has 0 aromatic carbocycles. The average Bonchev–Trinajstić information content (AvgIpc) is 3.24. The third-order valence-electron chi connectivity index (χ3n) is 11.1. The third-order valence-corrected chi connectivity index (χ3v) is 11.1. The first-order valence-corrected chi connectivity index (χ1v) is 19.6. The van der Waals surface area contributed by atoms with Gasteiger partial charge in [-0.05, 0) is 0 Å². The van der Waals surface area contributed by atoms with Gasteiger partial charge in [-0.15, -0.1) is 0 Å². The van der Waals surface area contributed by atoms with Crippen molar-refractivity contribution in [1.82, 2.24) is 10.6 Å². The molecule has 360 valence electrons. The van der Waals surface area contributed by atoms with Gasteiger partial charge < -0.3 is 130 Å². The van der Waals surface area contributed by atoms with Gasteiger partial charge >= 0.3 is 0 Å². The van der Waals surface area contributed by atoms with Crippen LogP contribution in [0.1, 0.15) is 13.8 Å². The minimum Gasteiger partial charge on any atom is -0.394 e. The van der Waals surface area contributed by atoms with Gasteiger partial charge in [0.25, 0.3) is 0 Å². The van der Waals surface area contributed by atoms with Gasteiger partial charge in [-0.3, -0.25) is 9.59 Å². The summed E-state index contributed by atoms with van der Waals surface area (Å²) < 4.78 is 51.3. The Morgan fingerprint density at radius 1 is 0.387 bits per heavy atom. The van der Waals surface area contributed by atoms with Gasteiger partial charge in [0, 0.05) is 13.8 Å². The summed E-state index contributed by atoms with van der Waals surface area (Å²) in [5.74, 6) is -1.62. The van der Waals surface area contributed by atoms with E-state index < -0.39 is 198 Å². The lowest BCUT2D eigenvalue weighted by Crippen LogP contribution is -2.71. The Morgan fingerprint density at radius 3 is 1.06 bits per heavy atom. The zero-order chi connectivity index (χ0) is 45.9. The summed E-state index contributed by atoms with van der Waals surface area (Å²) in [5, 5.41) is 162. The number of aliphatic hydroxyl groups is 15. The van der Waals surface area contributed by atoms with E-state index in [1.54, 1.807) is 0 Å². The molecular weight excluding hydrogens is 852 g/mol. The van der Waals surface area contributed by atoms with Crippen molar-refractivity contribution >= 4 is 11.8 Å². The Labute approximate surface area is 351 Å². The van der Waals surface area contributed by atoms with E-state index >= 15 is 0 Å². The van der Waals surface area contributed by atoms with E-state index in [1.807, 2.05) is 0 Å². The molecule has 0 bridgehead atoms. The van der Waals surface area contributed by atoms with Crippen LogP contribution in [-0.4, -0.2) is 275 Å². The Balaban J connectivity index is 1.42. The van der Waals surface area contributed by atoms with Crippen LogP contribution in [0.15, 0.2) is 0 Å². The molecule has 28 nitrogen and oxygen atoms in total. The number of hydrogen-bond acceptors (Lipinski definition) is 26. The molecule has 5 heterocycles. The summed E-state index contributed by atoms with van der Waals surface area (Å²) in [4.78, 5) is 24.9. The number of ether oxygens (including phenoxy) is 9. The second-order valence-corrected chi connectivity index (χ2v) is 15.4. The Morgan fingerprint density at radius 2 is 0.710 bits per heavy atom. The van der Waals surface area contributed by atoms with Crippen molar-refractivity contribution in [3.05, 3.63) is 0 Å². The molecule has 5 fully saturated rings. The van der Waals surface area contributed by atoms with Crippen LogP contribution >= 0.6 is 0 Å². The van der Waals surface area contributed by atoms with Crippen LogP contribution in [-0.2, 0) is 52.2 Å². The largest absolute Gasteiger partial charge is 0.394 e. The first kappa shape index (κ1) is 51.0. The van der Waals surface area contributed by atoms with Crippen molar-refractivity contribution in [1.29, 1.82) is 0 Å². The van der Waals surface area contributed by atoms with Gasteiger partial charge in [-0.2, -0.15) is 0 Å². The number of hydrogen-bond donors (Lipinski definition) is 17. The van der Waals surface area contributed by atoms with E-state index in [0.29, 0.717) is 0 Å². The molecule has 1 unspecified atom stereocenters. The fraction of sp³-hybridized carbons (Fsp3) is 0.941. The van der Waals surface area contributed by atoms with Crippen LogP contribution in [0, 0.1) is 0 Å². The first-order chi connectivity index (χ1) is 29.3. The Kier molecular flexibility index (Phi) is 18.1. The lowest BCUT2D eigenvalue weighted by Gasteiger charge is -2.51. The van der Waals surface area contributed by atoms with Gasteiger partial charge in [0.2, 0.25) is 11.8 Å². The van der Waals surface area contributed by atoms with Crippen LogP contribution < -0.4 is 10.6 Å². The molecule has 0 aliphatic carbocycles. The standard InChI is InChI=1S/C34H58N2O26/c1-8(42)35-15-19(46)26(59-33-23(50)21(48)17(44)10(3-37)55-33)12(5-39)57-31(15)61-28-14(7-41)54-30(53)25(52)29(28)62-32-16(36-9(2)43)20(47)27(13(6-40)58-32)60-34-24(51)22(49)18(45)11(4-38)56-34/h10-34,37-41,44-53H,3-7H2,1-2H3,(H,35,42)(H,36,43)/t10-,11-,12-,13-,14-,15-,16-,17+,18+,19-,20-,21+,22+,23-,24-,25-,26-,27-,28+,29-,30?,31+,32+,33+,34+/m1/s1. The molecule has 5 aliphatic rings. The van der Waals surface area contributed by atoms with Crippen LogP contribution in [0.2, 0.25) is 0 Å². The van der Waals surface area contributed by atoms with E-state index in [9.17, 15) is 86.2 Å². The highest BCUT2D eigenvalue weighted by atomic mass is 16.8. The van der Waals surface area contributed by atoms with Crippen molar-refractivity contribution in [2.24, 2.45) is 0 Å². The first-order valence-electron chi connectivity index (χ1n) is 19.6. The maximum atomic E-state index is 12.4. The molecule has 62 heavy (non-hydrogen) atoms. The summed E-state index contributed by atoms with van der Waals surface area (Å²) in [6.45, 7) is -2.57. The molecule has 5 rings (SSSR count). The van der Waals surface area contributed by atoms with Crippen LogP contribution in [0.3, 0.4) is 0 Å². The van der Waals surface area contributed by atoms with Crippen LogP contribution in [0.4, 0.5) is 0 Å². The minimum absolute atomic E-state index is 0.805. The van der Waals surface area contributed by atoms with Gasteiger partial charge in [0.1, 0.15) is 122 Å². The highest BCUT2D eigenvalue weighted by Crippen LogP contribution is 2.36. The van der Waals surface area contributed by atoms with Gasteiger partial charge in [-0.1, -0.05) is 0 Å². The minimum atomic E-state index is -2.14. The second-order valence-electron chi connectivity index (χ2n) is 15.4. The molecule has 0 spiro atoms. The summed E-state index contributed by atoms with van der Waals surface area (Å²) in [6, 6.07) is -3.42. The molecule has 0 aromatic heterocycles. The molecular formula is C34H58N2O26. The van der Waals surface area contributed by atoms with Crippen molar-refractivity contribution < 1.29 is 129 Å². The number of carbonyl (C=O) groups excluding carboxylic acids is 2. The van der Waals surface area contributed by atoms with E-state index in [-0.39, 0.29) is 0 Å². The maximum Gasteiger partial charge on any atom is 0.217 e. The second kappa shape index (κ2) is 22.0. The fourth-order valence-electron chi connectivity index (χ4n) is 7.83. The molecule has 28 heteroatoms. The summed E-state index contributed by atoms with van der Waals surface area (Å²) in [5.41, 5.74) is 0. The third kappa shape index (κ3) is 10.8. The summed E-state index contributed by atoms with van der Waals surface area (Å²) in [7, 11) is 0. The monoisotopic (exact) mass is 910 g/mol. The van der Waals surface area contributed by atoms with E-state index in [4.69, 9.17) is 42.6 Å². The molecule has 25 atom stereocenters. The maximum absolute atomic E-state index is 12.4. The molecule has 5 aliphatic heterocycles. The summed E-state index contributed by atoms with van der Waals surface area (Å²) in [6.07, 6.45) is -42.1. The normalized spacial score (nSPS) is 49.0. The van der Waals surface area contributed by atoms with E-state index in [2.05, 4.69) is 10.6 Å². The van der Waals surface area contributed by atoms with Gasteiger partial charge in [0.05, 0.1) is 33.0 Å². The van der Waals surface area contributed by atoms with Crippen LogP contribution in [0.25, 0.3) is 0 Å². The molecule has 0 aromatic rings. The Hall–Kier alpha value is -2.02. The van der Waals surface area contributed by atoms with E-state index in [0.717, 1.165) is 13.8 Å². The average molecular weight is 911 g/mol.